The van der Waals surface area contributed by atoms with Gasteiger partial charge in [-0.1, -0.05) is 6.08 Å². The smallest absolute Gasteiger partial charge is 0.283 e. The Bertz CT molecular complexity index is 240. The fourth-order valence-electron chi connectivity index (χ4n) is 1.16. The molecule has 0 aromatic heterocycles. The van der Waals surface area contributed by atoms with Crippen molar-refractivity contribution in [3.05, 3.63) is 11.0 Å². The van der Waals surface area contributed by atoms with E-state index >= 15 is 0 Å². The Morgan fingerprint density at radius 1 is 1.69 bits per heavy atom. The standard InChI is InChI=1S/C10H17NOS/c1-8(2)11-10(12)13-9-6-4-3-5-7-9/h6,8H,3-5,7H2,1-2H3,(H,11,12)/i4D. The Kier molecular flexibility index (Phi) is 3.74. The minimum Gasteiger partial charge on any atom is -0.345 e. The Labute approximate surface area is 85.6 Å². The molecule has 1 atom stereocenters. The molecule has 1 N–H and O–H groups in total. The lowest BCUT2D eigenvalue weighted by Crippen LogP contribution is -2.26. The van der Waals surface area contributed by atoms with E-state index in [1.807, 2.05) is 19.9 Å². The van der Waals surface area contributed by atoms with E-state index in [0.717, 1.165) is 24.2 Å². The summed E-state index contributed by atoms with van der Waals surface area (Å²) in [5.41, 5.74) is 0. The molecular formula is C10H17NOS. The van der Waals surface area contributed by atoms with Gasteiger partial charge in [-0.05, 0) is 56.2 Å². The van der Waals surface area contributed by atoms with Gasteiger partial charge in [0.2, 0.25) is 0 Å². The van der Waals surface area contributed by atoms with E-state index in [9.17, 15) is 4.79 Å². The number of allylic oxidation sites excluding steroid dienone is 2. The number of hydrogen-bond donors (Lipinski definition) is 1. The summed E-state index contributed by atoms with van der Waals surface area (Å²) in [6, 6.07) is 0.186. The monoisotopic (exact) mass is 200 g/mol. The molecule has 0 aliphatic heterocycles. The lowest BCUT2D eigenvalue weighted by Gasteiger charge is -2.12. The maximum atomic E-state index is 11.4. The summed E-state index contributed by atoms with van der Waals surface area (Å²) in [5.74, 6) is 0. The van der Waals surface area contributed by atoms with Crippen LogP contribution in [0.25, 0.3) is 0 Å². The summed E-state index contributed by atoms with van der Waals surface area (Å²) >= 11 is 1.24. The zero-order chi connectivity index (χ0) is 10.6. The minimum absolute atomic E-state index is 0.000324. The van der Waals surface area contributed by atoms with Crippen molar-refractivity contribution in [3.63, 3.8) is 0 Å². The molecule has 0 saturated heterocycles. The number of carbonyl (C=O) groups is 1. The van der Waals surface area contributed by atoms with Gasteiger partial charge in [-0.3, -0.25) is 4.79 Å². The number of hydrogen-bond acceptors (Lipinski definition) is 2. The van der Waals surface area contributed by atoms with Crippen molar-refractivity contribution < 1.29 is 6.17 Å². The normalized spacial score (nSPS) is 23.8. The van der Waals surface area contributed by atoms with Gasteiger partial charge in [-0.25, -0.2) is 0 Å². The first-order valence-corrected chi connectivity index (χ1v) is 5.51. The van der Waals surface area contributed by atoms with E-state index in [-0.39, 0.29) is 17.7 Å². The molecule has 13 heavy (non-hydrogen) atoms. The van der Waals surface area contributed by atoms with Gasteiger partial charge in [-0.15, -0.1) is 0 Å². The van der Waals surface area contributed by atoms with Crippen molar-refractivity contribution in [1.82, 2.24) is 5.32 Å². The second-order valence-electron chi connectivity index (χ2n) is 3.45. The highest BCUT2D eigenvalue weighted by Crippen LogP contribution is 2.27. The van der Waals surface area contributed by atoms with Crippen LogP contribution in [0.5, 0.6) is 0 Å². The molecule has 3 heteroatoms. The molecule has 0 spiro atoms. The third-order valence-corrected chi connectivity index (χ3v) is 2.63. The van der Waals surface area contributed by atoms with Crippen molar-refractivity contribution >= 4 is 17.0 Å². The number of nitrogens with one attached hydrogen (secondary N) is 1. The highest BCUT2D eigenvalue weighted by molar-refractivity contribution is 8.16. The van der Waals surface area contributed by atoms with Crippen LogP contribution in [0.4, 0.5) is 4.79 Å². The molecule has 0 aromatic rings. The lowest BCUT2D eigenvalue weighted by atomic mass is 10.1. The van der Waals surface area contributed by atoms with Gasteiger partial charge in [0.05, 0.1) is 0 Å². The third kappa shape index (κ3) is 4.36. The number of carbonyl (C=O) groups excluding carboxylic acids is 1. The number of thioether (sulfide) groups is 1. The predicted octanol–water partition coefficient (Wildman–Crippen LogP) is 3.30. The van der Waals surface area contributed by atoms with Gasteiger partial charge in [0, 0.05) is 7.41 Å². The van der Waals surface area contributed by atoms with Crippen LogP contribution < -0.4 is 5.32 Å². The molecule has 0 heterocycles. The van der Waals surface area contributed by atoms with E-state index in [0.29, 0.717) is 0 Å². The van der Waals surface area contributed by atoms with E-state index in [1.165, 1.54) is 11.8 Å². The third-order valence-electron chi connectivity index (χ3n) is 1.73. The minimum atomic E-state index is -0.113. The maximum Gasteiger partial charge on any atom is 0.283 e. The van der Waals surface area contributed by atoms with Gasteiger partial charge in [-0.2, -0.15) is 0 Å². The molecule has 0 aromatic carbocycles. The zero-order valence-electron chi connectivity index (χ0n) is 9.17. The van der Waals surface area contributed by atoms with Crippen LogP contribution in [0.15, 0.2) is 11.0 Å². The quantitative estimate of drug-likeness (QED) is 0.741. The van der Waals surface area contributed by atoms with E-state index in [1.54, 1.807) is 0 Å². The molecule has 0 fully saturated rings. The van der Waals surface area contributed by atoms with Crippen molar-refractivity contribution in [2.75, 3.05) is 0 Å². The molecule has 74 valence electrons. The maximum absolute atomic E-state index is 11.4. The van der Waals surface area contributed by atoms with Crippen molar-refractivity contribution in [2.45, 2.75) is 45.5 Å². The van der Waals surface area contributed by atoms with Crippen LogP contribution in [0.1, 0.15) is 40.9 Å². The fraction of sp³-hybridized carbons (Fsp3) is 0.700. The summed E-state index contributed by atoms with van der Waals surface area (Å²) in [4.78, 5) is 12.4. The molecule has 2 nitrogen and oxygen atoms in total. The summed E-state index contributed by atoms with van der Waals surface area (Å²) in [5, 5.41) is 2.83. The summed E-state index contributed by atoms with van der Waals surface area (Å²) in [6.07, 6.45) is 4.69. The van der Waals surface area contributed by atoms with Crippen LogP contribution in [-0.4, -0.2) is 11.3 Å². The Morgan fingerprint density at radius 2 is 2.46 bits per heavy atom. The van der Waals surface area contributed by atoms with Crippen molar-refractivity contribution in [2.24, 2.45) is 0 Å². The number of amides is 1. The van der Waals surface area contributed by atoms with Gasteiger partial charge in [0.25, 0.3) is 5.24 Å². The molecule has 1 rings (SSSR count). The Hall–Kier alpha value is -0.440. The number of rotatable bonds is 2. The van der Waals surface area contributed by atoms with Crippen LogP contribution >= 0.6 is 11.8 Å². The molecule has 0 saturated carbocycles. The van der Waals surface area contributed by atoms with E-state index < -0.39 is 0 Å². The molecule has 0 radical (unpaired) electrons. The molecule has 0 bridgehead atoms. The zero-order valence-corrected chi connectivity index (χ0v) is 8.99. The first-order valence-electron chi connectivity index (χ1n) is 5.27. The highest BCUT2D eigenvalue weighted by Gasteiger charge is 2.10. The largest absolute Gasteiger partial charge is 0.345 e. The van der Waals surface area contributed by atoms with Crippen molar-refractivity contribution in [3.8, 4) is 0 Å². The van der Waals surface area contributed by atoms with Gasteiger partial charge in [0.15, 0.2) is 0 Å². The fourth-order valence-corrected chi connectivity index (χ4v) is 2.10. The average Bonchev–Trinajstić information content (AvgIpc) is 2.01. The molecular weight excluding hydrogens is 182 g/mol. The Balaban J connectivity index is 2.39. The van der Waals surface area contributed by atoms with Gasteiger partial charge < -0.3 is 5.32 Å². The molecule has 1 aliphatic carbocycles. The summed E-state index contributed by atoms with van der Waals surface area (Å²) in [6.45, 7) is 3.89. The summed E-state index contributed by atoms with van der Waals surface area (Å²) in [7, 11) is 0. The van der Waals surface area contributed by atoms with Gasteiger partial charge >= 0.3 is 0 Å². The average molecular weight is 200 g/mol. The molecule has 1 unspecified atom stereocenters. The molecule has 1 aliphatic rings. The van der Waals surface area contributed by atoms with E-state index in [4.69, 9.17) is 1.37 Å². The van der Waals surface area contributed by atoms with Crippen molar-refractivity contribution in [1.29, 1.82) is 0 Å². The van der Waals surface area contributed by atoms with Crippen LogP contribution in [-0.2, 0) is 0 Å². The van der Waals surface area contributed by atoms with E-state index in [2.05, 4.69) is 5.32 Å². The van der Waals surface area contributed by atoms with Crippen LogP contribution in [0, 0.1) is 0 Å². The first-order chi connectivity index (χ1) is 6.58. The van der Waals surface area contributed by atoms with Gasteiger partial charge in [0.1, 0.15) is 0 Å². The topological polar surface area (TPSA) is 29.1 Å². The second kappa shape index (κ2) is 5.32. The first kappa shape index (κ1) is 9.13. The Morgan fingerprint density at radius 3 is 3.08 bits per heavy atom. The molecule has 1 amide bonds. The SMILES string of the molecule is [2H]C1C=C(SC(=O)NC(C)C)CCC1. The van der Waals surface area contributed by atoms with Crippen LogP contribution in [0.3, 0.4) is 0 Å². The highest BCUT2D eigenvalue weighted by atomic mass is 32.2. The summed E-state index contributed by atoms with van der Waals surface area (Å²) < 4.78 is 7.57. The predicted molar refractivity (Wildman–Crippen MR) is 57.8 cm³/mol. The second-order valence-corrected chi connectivity index (χ2v) is 4.55. The van der Waals surface area contributed by atoms with Crippen LogP contribution in [0.2, 0.25) is 0 Å². The lowest BCUT2D eigenvalue weighted by molar-refractivity contribution is 0.259.